The molecule has 2 aliphatic rings. The first kappa shape index (κ1) is 16.8. The number of hydrogen-bond acceptors (Lipinski definition) is 3. The highest BCUT2D eigenvalue weighted by molar-refractivity contribution is 5.93. The number of nitrogens with one attached hydrogen (secondary N) is 1. The number of alkyl halides is 3. The molecule has 1 N–H and O–H groups in total. The van der Waals surface area contributed by atoms with E-state index in [4.69, 9.17) is 0 Å². The van der Waals surface area contributed by atoms with Crippen molar-refractivity contribution in [3.63, 3.8) is 0 Å². The summed E-state index contributed by atoms with van der Waals surface area (Å²) in [4.78, 5) is 25.5. The maximum atomic E-state index is 12.8. The average Bonchev–Trinajstić information content (AvgIpc) is 3.10. The van der Waals surface area contributed by atoms with E-state index in [0.29, 0.717) is 19.0 Å². The summed E-state index contributed by atoms with van der Waals surface area (Å²) in [7, 11) is 1.32. The summed E-state index contributed by atoms with van der Waals surface area (Å²) in [6.45, 7) is 2.18. The third-order valence-corrected chi connectivity index (χ3v) is 4.66. The minimum atomic E-state index is -4.59. The highest BCUT2D eigenvalue weighted by atomic mass is 19.4. The van der Waals surface area contributed by atoms with E-state index < -0.39 is 17.8 Å². The zero-order chi connectivity index (χ0) is 17.6. The van der Waals surface area contributed by atoms with Crippen LogP contribution in [0.3, 0.4) is 0 Å². The minimum absolute atomic E-state index is 0.0969. The Hall–Kier alpha value is -2.06. The summed E-state index contributed by atoms with van der Waals surface area (Å²) in [5.74, 6) is -0.0241. The van der Waals surface area contributed by atoms with Crippen LogP contribution in [0.25, 0.3) is 0 Å². The standard InChI is InChI=1S/C15H19F3N4O2/c1-8(23)19-11-7-22(6-10(11)9-3-4-9)14(24)12-5-13(15(16,17)18)20-21(12)2/h5,9-11H,3-4,6-7H2,1-2H3,(H,19,23)/t10-,11+/m0/s1. The van der Waals surface area contributed by atoms with Crippen LogP contribution in [-0.4, -0.2) is 45.6 Å². The fourth-order valence-electron chi connectivity index (χ4n) is 3.38. The minimum Gasteiger partial charge on any atom is -0.351 e. The van der Waals surface area contributed by atoms with Crippen molar-refractivity contribution in [2.75, 3.05) is 13.1 Å². The third kappa shape index (κ3) is 3.25. The first-order valence-electron chi connectivity index (χ1n) is 7.84. The van der Waals surface area contributed by atoms with Gasteiger partial charge in [0.15, 0.2) is 5.69 Å². The van der Waals surface area contributed by atoms with Crippen molar-refractivity contribution in [1.29, 1.82) is 0 Å². The average molecular weight is 344 g/mol. The Labute approximate surface area is 137 Å². The van der Waals surface area contributed by atoms with Crippen LogP contribution in [0.2, 0.25) is 0 Å². The molecule has 9 heteroatoms. The molecule has 6 nitrogen and oxygen atoms in total. The zero-order valence-electron chi connectivity index (χ0n) is 13.4. The SMILES string of the molecule is CC(=O)N[C@@H]1CN(C(=O)c2cc(C(F)(F)F)nn2C)C[C@H]1C1CC1. The Bertz CT molecular complexity index is 666. The lowest BCUT2D eigenvalue weighted by atomic mass is 9.98. The molecule has 2 heterocycles. The summed E-state index contributed by atoms with van der Waals surface area (Å²) in [6.07, 6.45) is -2.46. The van der Waals surface area contributed by atoms with E-state index in [1.165, 1.54) is 18.9 Å². The maximum Gasteiger partial charge on any atom is 0.435 e. The second-order valence-electron chi connectivity index (χ2n) is 6.55. The van der Waals surface area contributed by atoms with Crippen LogP contribution in [0.1, 0.15) is 35.9 Å². The van der Waals surface area contributed by atoms with Gasteiger partial charge in [-0.3, -0.25) is 14.3 Å². The van der Waals surface area contributed by atoms with E-state index in [0.717, 1.165) is 23.6 Å². The molecule has 3 rings (SSSR count). The predicted octanol–water partition coefficient (Wildman–Crippen LogP) is 1.43. The van der Waals surface area contributed by atoms with Crippen molar-refractivity contribution >= 4 is 11.8 Å². The Morgan fingerprint density at radius 3 is 2.46 bits per heavy atom. The van der Waals surface area contributed by atoms with Gasteiger partial charge in [-0.15, -0.1) is 0 Å². The highest BCUT2D eigenvalue weighted by Gasteiger charge is 2.45. The lowest BCUT2D eigenvalue weighted by Crippen LogP contribution is -2.40. The Morgan fingerprint density at radius 2 is 1.96 bits per heavy atom. The number of hydrogen-bond donors (Lipinski definition) is 1. The van der Waals surface area contributed by atoms with E-state index in [9.17, 15) is 22.8 Å². The van der Waals surface area contributed by atoms with Gasteiger partial charge in [-0.1, -0.05) is 0 Å². The van der Waals surface area contributed by atoms with Gasteiger partial charge in [0.2, 0.25) is 5.91 Å². The van der Waals surface area contributed by atoms with Gasteiger partial charge in [0, 0.05) is 39.0 Å². The van der Waals surface area contributed by atoms with Crippen LogP contribution in [0, 0.1) is 11.8 Å². The zero-order valence-corrected chi connectivity index (χ0v) is 13.4. The van der Waals surface area contributed by atoms with Crippen molar-refractivity contribution in [1.82, 2.24) is 20.0 Å². The number of aromatic nitrogens is 2. The van der Waals surface area contributed by atoms with Crippen molar-refractivity contribution in [3.8, 4) is 0 Å². The summed E-state index contributed by atoms with van der Waals surface area (Å²) in [5.41, 5.74) is -1.18. The molecule has 0 aromatic carbocycles. The number of halogens is 3. The lowest BCUT2D eigenvalue weighted by molar-refractivity contribution is -0.141. The van der Waals surface area contributed by atoms with Crippen molar-refractivity contribution < 1.29 is 22.8 Å². The molecule has 2 atom stereocenters. The molecule has 24 heavy (non-hydrogen) atoms. The molecule has 132 valence electrons. The van der Waals surface area contributed by atoms with Gasteiger partial charge in [0.1, 0.15) is 5.69 Å². The summed E-state index contributed by atoms with van der Waals surface area (Å²) in [5, 5.41) is 6.24. The van der Waals surface area contributed by atoms with Gasteiger partial charge in [-0.05, 0) is 18.8 Å². The van der Waals surface area contributed by atoms with Crippen molar-refractivity contribution in [2.45, 2.75) is 32.0 Å². The smallest absolute Gasteiger partial charge is 0.351 e. The number of amides is 2. The van der Waals surface area contributed by atoms with Crippen LogP contribution >= 0.6 is 0 Å². The van der Waals surface area contributed by atoms with E-state index >= 15 is 0 Å². The van der Waals surface area contributed by atoms with Crippen LogP contribution in [0.5, 0.6) is 0 Å². The van der Waals surface area contributed by atoms with Crippen molar-refractivity contribution in [2.24, 2.45) is 18.9 Å². The number of nitrogens with zero attached hydrogens (tertiary/aromatic N) is 3. The molecule has 2 amide bonds. The lowest BCUT2D eigenvalue weighted by Gasteiger charge is -2.17. The molecule has 2 fully saturated rings. The van der Waals surface area contributed by atoms with Gasteiger partial charge in [-0.2, -0.15) is 18.3 Å². The molecule has 0 radical (unpaired) electrons. The molecular weight excluding hydrogens is 325 g/mol. The molecular formula is C15H19F3N4O2. The predicted molar refractivity (Wildman–Crippen MR) is 77.9 cm³/mol. The van der Waals surface area contributed by atoms with Gasteiger partial charge < -0.3 is 10.2 Å². The van der Waals surface area contributed by atoms with Gasteiger partial charge in [0.25, 0.3) is 5.91 Å². The molecule has 0 bridgehead atoms. The second kappa shape index (κ2) is 5.78. The largest absolute Gasteiger partial charge is 0.435 e. The molecule has 1 aromatic heterocycles. The highest BCUT2D eigenvalue weighted by Crippen LogP contribution is 2.41. The van der Waals surface area contributed by atoms with Gasteiger partial charge >= 0.3 is 6.18 Å². The molecule has 1 saturated carbocycles. The van der Waals surface area contributed by atoms with Gasteiger partial charge in [0.05, 0.1) is 6.04 Å². The molecule has 1 aliphatic carbocycles. The summed E-state index contributed by atoms with van der Waals surface area (Å²) < 4.78 is 39.2. The molecule has 1 saturated heterocycles. The Kier molecular flexibility index (Phi) is 4.05. The first-order valence-corrected chi connectivity index (χ1v) is 7.84. The van der Waals surface area contributed by atoms with E-state index in [2.05, 4.69) is 10.4 Å². The summed E-state index contributed by atoms with van der Waals surface area (Å²) >= 11 is 0. The number of rotatable bonds is 3. The number of likely N-dealkylation sites (tertiary alicyclic amines) is 1. The van der Waals surface area contributed by atoms with E-state index in [-0.39, 0.29) is 23.6 Å². The number of carbonyl (C=O) groups excluding carboxylic acids is 2. The number of carbonyl (C=O) groups is 2. The van der Waals surface area contributed by atoms with Crippen LogP contribution in [-0.2, 0) is 18.0 Å². The molecule has 1 aromatic rings. The Balaban J connectivity index is 1.78. The maximum absolute atomic E-state index is 12.8. The van der Waals surface area contributed by atoms with Crippen LogP contribution in [0.15, 0.2) is 6.07 Å². The quantitative estimate of drug-likeness (QED) is 0.902. The van der Waals surface area contributed by atoms with Crippen LogP contribution < -0.4 is 5.32 Å². The second-order valence-corrected chi connectivity index (χ2v) is 6.55. The van der Waals surface area contributed by atoms with Gasteiger partial charge in [-0.25, -0.2) is 0 Å². The normalized spacial score (nSPS) is 24.3. The molecule has 1 aliphatic heterocycles. The fourth-order valence-corrected chi connectivity index (χ4v) is 3.38. The molecule has 0 unspecified atom stereocenters. The Morgan fingerprint density at radius 1 is 1.29 bits per heavy atom. The van der Waals surface area contributed by atoms with E-state index in [1.807, 2.05) is 0 Å². The van der Waals surface area contributed by atoms with E-state index in [1.54, 1.807) is 0 Å². The topological polar surface area (TPSA) is 67.2 Å². The van der Waals surface area contributed by atoms with Crippen LogP contribution in [0.4, 0.5) is 13.2 Å². The molecule has 0 spiro atoms. The van der Waals surface area contributed by atoms with Crippen molar-refractivity contribution in [3.05, 3.63) is 17.5 Å². The first-order chi connectivity index (χ1) is 11.2. The summed E-state index contributed by atoms with van der Waals surface area (Å²) in [6, 6.07) is 0.634. The number of aryl methyl sites for hydroxylation is 1. The fraction of sp³-hybridized carbons (Fsp3) is 0.667. The third-order valence-electron chi connectivity index (χ3n) is 4.66. The monoisotopic (exact) mass is 344 g/mol.